The van der Waals surface area contributed by atoms with Crippen LogP contribution >= 0.6 is 0 Å². The molecule has 3 rings (SSSR count). The molecule has 0 saturated heterocycles. The molecular weight excluding hydrogens is 269 g/mol. The van der Waals surface area contributed by atoms with Crippen molar-refractivity contribution in [1.29, 1.82) is 0 Å². The van der Waals surface area contributed by atoms with Crippen LogP contribution < -0.4 is 4.90 Å². The number of hydrogen-bond donors (Lipinski definition) is 0. The quantitative estimate of drug-likeness (QED) is 0.739. The number of rotatable bonds is 4. The van der Waals surface area contributed by atoms with E-state index in [0.29, 0.717) is 12.1 Å². The van der Waals surface area contributed by atoms with Crippen LogP contribution in [-0.4, -0.2) is 26.3 Å². The van der Waals surface area contributed by atoms with Crippen LogP contribution in [0.5, 0.6) is 0 Å². The van der Waals surface area contributed by atoms with Crippen LogP contribution in [0, 0.1) is 5.82 Å². The minimum atomic E-state index is -0.325. The first-order chi connectivity index (χ1) is 10.2. The Morgan fingerprint density at radius 1 is 1.29 bits per heavy atom. The van der Waals surface area contributed by atoms with E-state index >= 15 is 0 Å². The molecule has 0 saturated carbocycles. The molecular formula is C15H16FN5. The molecule has 0 unspecified atom stereocenters. The van der Waals surface area contributed by atoms with Crippen LogP contribution in [-0.2, 0) is 13.6 Å². The average molecular weight is 285 g/mol. The zero-order valence-electron chi connectivity index (χ0n) is 12.0. The van der Waals surface area contributed by atoms with Gasteiger partial charge in [-0.25, -0.2) is 14.4 Å². The number of benzene rings is 1. The number of halogens is 1. The maximum absolute atomic E-state index is 13.8. The van der Waals surface area contributed by atoms with E-state index in [9.17, 15) is 4.39 Å². The third-order valence-corrected chi connectivity index (χ3v) is 3.41. The van der Waals surface area contributed by atoms with Crippen LogP contribution in [0.2, 0.25) is 0 Å². The molecule has 0 aliphatic rings. The van der Waals surface area contributed by atoms with Crippen LogP contribution in [0.1, 0.15) is 12.5 Å². The van der Waals surface area contributed by atoms with E-state index < -0.39 is 0 Å². The summed E-state index contributed by atoms with van der Waals surface area (Å²) < 4.78 is 15.6. The number of anilines is 1. The zero-order valence-corrected chi connectivity index (χ0v) is 12.0. The highest BCUT2D eigenvalue weighted by Crippen LogP contribution is 2.25. The van der Waals surface area contributed by atoms with E-state index in [1.54, 1.807) is 10.7 Å². The molecule has 5 nitrogen and oxygen atoms in total. The van der Waals surface area contributed by atoms with E-state index in [4.69, 9.17) is 0 Å². The van der Waals surface area contributed by atoms with Gasteiger partial charge in [0.1, 0.15) is 23.5 Å². The molecule has 0 radical (unpaired) electrons. The predicted octanol–water partition coefficient (Wildman–Crippen LogP) is 2.53. The van der Waals surface area contributed by atoms with Crippen molar-refractivity contribution in [1.82, 2.24) is 19.7 Å². The lowest BCUT2D eigenvalue weighted by atomic mass is 10.2. The Kier molecular flexibility index (Phi) is 3.51. The Labute approximate surface area is 122 Å². The summed E-state index contributed by atoms with van der Waals surface area (Å²) in [7, 11) is 1.88. The average Bonchev–Trinajstić information content (AvgIpc) is 2.90. The van der Waals surface area contributed by atoms with Crippen LogP contribution in [0.25, 0.3) is 10.9 Å². The summed E-state index contributed by atoms with van der Waals surface area (Å²) >= 11 is 0. The van der Waals surface area contributed by atoms with E-state index in [-0.39, 0.29) is 5.82 Å². The molecule has 0 aliphatic carbocycles. The first-order valence-electron chi connectivity index (χ1n) is 6.80. The number of nitrogens with zero attached hydrogens (tertiary/aromatic N) is 5. The number of aromatic nitrogens is 4. The van der Waals surface area contributed by atoms with Crippen molar-refractivity contribution in [2.24, 2.45) is 7.05 Å². The molecule has 21 heavy (non-hydrogen) atoms. The fraction of sp³-hybridized carbons (Fsp3) is 0.267. The third-order valence-electron chi connectivity index (χ3n) is 3.41. The van der Waals surface area contributed by atoms with Gasteiger partial charge in [-0.1, -0.05) is 6.07 Å². The lowest BCUT2D eigenvalue weighted by molar-refractivity contribution is 0.636. The third kappa shape index (κ3) is 2.56. The first kappa shape index (κ1) is 13.5. The summed E-state index contributed by atoms with van der Waals surface area (Å²) in [6, 6.07) is 4.94. The topological polar surface area (TPSA) is 46.8 Å². The highest BCUT2D eigenvalue weighted by Gasteiger charge is 2.13. The molecule has 108 valence electrons. The van der Waals surface area contributed by atoms with Gasteiger partial charge in [-0.3, -0.25) is 4.68 Å². The van der Waals surface area contributed by atoms with Crippen molar-refractivity contribution in [3.05, 3.63) is 48.3 Å². The molecule has 0 atom stereocenters. The fourth-order valence-corrected chi connectivity index (χ4v) is 2.40. The van der Waals surface area contributed by atoms with Gasteiger partial charge in [-0.05, 0) is 19.1 Å². The second-order valence-electron chi connectivity index (χ2n) is 4.87. The monoisotopic (exact) mass is 285 g/mol. The zero-order chi connectivity index (χ0) is 14.8. The number of para-hydroxylation sites is 1. The summed E-state index contributed by atoms with van der Waals surface area (Å²) in [5, 5.41) is 4.90. The summed E-state index contributed by atoms with van der Waals surface area (Å²) in [5.41, 5.74) is 1.44. The molecule has 6 heteroatoms. The fourth-order valence-electron chi connectivity index (χ4n) is 2.40. The van der Waals surface area contributed by atoms with Crippen molar-refractivity contribution in [3.63, 3.8) is 0 Å². The highest BCUT2D eigenvalue weighted by molar-refractivity contribution is 5.89. The van der Waals surface area contributed by atoms with E-state index in [0.717, 1.165) is 23.3 Å². The molecule has 2 heterocycles. The predicted molar refractivity (Wildman–Crippen MR) is 79.4 cm³/mol. The van der Waals surface area contributed by atoms with Gasteiger partial charge in [0.2, 0.25) is 0 Å². The molecule has 1 aromatic carbocycles. The lowest BCUT2D eigenvalue weighted by Crippen LogP contribution is -2.23. The molecule has 0 fully saturated rings. The maximum atomic E-state index is 13.8. The highest BCUT2D eigenvalue weighted by atomic mass is 19.1. The maximum Gasteiger partial charge on any atom is 0.149 e. The van der Waals surface area contributed by atoms with Gasteiger partial charge in [0.05, 0.1) is 6.20 Å². The molecule has 0 N–H and O–H groups in total. The van der Waals surface area contributed by atoms with Crippen LogP contribution in [0.3, 0.4) is 0 Å². The molecule has 0 bridgehead atoms. The van der Waals surface area contributed by atoms with E-state index in [1.165, 1.54) is 12.4 Å². The van der Waals surface area contributed by atoms with E-state index in [1.807, 2.05) is 32.4 Å². The van der Waals surface area contributed by atoms with Crippen molar-refractivity contribution in [2.75, 3.05) is 11.4 Å². The minimum absolute atomic E-state index is 0.325. The number of aryl methyl sites for hydroxylation is 1. The molecule has 0 amide bonds. The first-order valence-corrected chi connectivity index (χ1v) is 6.80. The van der Waals surface area contributed by atoms with Crippen LogP contribution in [0.15, 0.2) is 36.9 Å². The second kappa shape index (κ2) is 5.47. The molecule has 0 spiro atoms. The standard InChI is InChI=1S/C15H16FN5/c1-3-21(9-11-7-19-20(2)8-11)15-12-5-4-6-13(16)14(12)17-10-18-15/h4-8,10H,3,9H2,1-2H3. The van der Waals surface area contributed by atoms with Gasteiger partial charge >= 0.3 is 0 Å². The summed E-state index contributed by atoms with van der Waals surface area (Å²) in [6.07, 6.45) is 5.20. The van der Waals surface area contributed by atoms with Crippen molar-refractivity contribution in [2.45, 2.75) is 13.5 Å². The van der Waals surface area contributed by atoms with Gasteiger partial charge in [-0.2, -0.15) is 5.10 Å². The minimum Gasteiger partial charge on any atom is -0.352 e. The van der Waals surface area contributed by atoms with Crippen molar-refractivity contribution in [3.8, 4) is 0 Å². The van der Waals surface area contributed by atoms with Gasteiger partial charge < -0.3 is 4.90 Å². The SMILES string of the molecule is CCN(Cc1cnn(C)c1)c1ncnc2c(F)cccc12. The largest absolute Gasteiger partial charge is 0.352 e. The normalized spacial score (nSPS) is 11.0. The molecule has 0 aliphatic heterocycles. The van der Waals surface area contributed by atoms with Gasteiger partial charge in [0.15, 0.2) is 0 Å². The Morgan fingerprint density at radius 3 is 2.86 bits per heavy atom. The Hall–Kier alpha value is -2.50. The number of fused-ring (bicyclic) bond motifs is 1. The number of hydrogen-bond acceptors (Lipinski definition) is 4. The lowest BCUT2D eigenvalue weighted by Gasteiger charge is -2.22. The summed E-state index contributed by atoms with van der Waals surface area (Å²) in [5.74, 6) is 0.416. The van der Waals surface area contributed by atoms with Gasteiger partial charge in [0.25, 0.3) is 0 Å². The Morgan fingerprint density at radius 2 is 2.14 bits per heavy atom. The summed E-state index contributed by atoms with van der Waals surface area (Å²) in [6.45, 7) is 3.48. The van der Waals surface area contributed by atoms with Crippen LogP contribution in [0.4, 0.5) is 10.2 Å². The Bertz CT molecular complexity index is 768. The van der Waals surface area contributed by atoms with E-state index in [2.05, 4.69) is 20.0 Å². The summed E-state index contributed by atoms with van der Waals surface area (Å²) in [4.78, 5) is 10.5. The molecule has 3 aromatic rings. The second-order valence-corrected chi connectivity index (χ2v) is 4.87. The van der Waals surface area contributed by atoms with Gasteiger partial charge in [0, 0.05) is 37.3 Å². The van der Waals surface area contributed by atoms with Gasteiger partial charge in [-0.15, -0.1) is 0 Å². The van der Waals surface area contributed by atoms with Crippen molar-refractivity contribution < 1.29 is 4.39 Å². The smallest absolute Gasteiger partial charge is 0.149 e. The molecule has 2 aromatic heterocycles. The van der Waals surface area contributed by atoms with Crippen molar-refractivity contribution >= 4 is 16.7 Å². The Balaban J connectivity index is 2.02.